The molecule has 1 unspecified atom stereocenters. The topological polar surface area (TPSA) is 69.6 Å². The van der Waals surface area contributed by atoms with E-state index in [9.17, 15) is 13.5 Å². The Morgan fingerprint density at radius 3 is 2.40 bits per heavy atom. The van der Waals surface area contributed by atoms with E-state index in [-0.39, 0.29) is 18.5 Å². The highest BCUT2D eigenvalue weighted by atomic mass is 32.2. The summed E-state index contributed by atoms with van der Waals surface area (Å²) in [6.45, 7) is 3.72. The van der Waals surface area contributed by atoms with Crippen LogP contribution in [0.25, 0.3) is 0 Å². The second-order valence-corrected chi connectivity index (χ2v) is 6.18. The molecule has 1 rings (SSSR count). The lowest BCUT2D eigenvalue weighted by Crippen LogP contribution is -2.44. The van der Waals surface area contributed by atoms with Crippen molar-refractivity contribution >= 4 is 10.2 Å². The fourth-order valence-corrected chi connectivity index (χ4v) is 2.36. The van der Waals surface area contributed by atoms with Gasteiger partial charge in [-0.25, -0.2) is 0 Å². The van der Waals surface area contributed by atoms with E-state index in [0.29, 0.717) is 0 Å². The van der Waals surface area contributed by atoms with Gasteiger partial charge in [-0.1, -0.05) is 0 Å². The number of rotatable bonds is 6. The highest BCUT2D eigenvalue weighted by Crippen LogP contribution is 2.32. The van der Waals surface area contributed by atoms with Crippen molar-refractivity contribution in [2.45, 2.75) is 38.8 Å². The normalized spacial score (nSPS) is 19.9. The Balaban J connectivity index is 2.41. The van der Waals surface area contributed by atoms with E-state index in [2.05, 4.69) is 4.72 Å². The minimum Gasteiger partial charge on any atom is -0.391 e. The summed E-state index contributed by atoms with van der Waals surface area (Å²) in [5, 5.41) is 9.53. The Kier molecular flexibility index (Phi) is 4.11. The number of nitrogens with one attached hydrogen (secondary N) is 1. The zero-order valence-corrected chi connectivity index (χ0v) is 10.3. The van der Waals surface area contributed by atoms with Crippen molar-refractivity contribution in [1.29, 1.82) is 0 Å². The summed E-state index contributed by atoms with van der Waals surface area (Å²) < 4.78 is 26.9. The molecule has 0 heterocycles. The number of hydrogen-bond acceptors (Lipinski definition) is 3. The fourth-order valence-electron chi connectivity index (χ4n) is 1.22. The van der Waals surface area contributed by atoms with Crippen LogP contribution in [0, 0.1) is 5.92 Å². The molecule has 5 nitrogen and oxygen atoms in total. The second-order valence-electron chi connectivity index (χ2n) is 4.37. The first-order valence-electron chi connectivity index (χ1n) is 5.25. The summed E-state index contributed by atoms with van der Waals surface area (Å²) in [4.78, 5) is 0. The summed E-state index contributed by atoms with van der Waals surface area (Å²) >= 11 is 0. The Labute approximate surface area is 91.7 Å². The van der Waals surface area contributed by atoms with Gasteiger partial charge in [0.2, 0.25) is 0 Å². The largest absolute Gasteiger partial charge is 0.391 e. The van der Waals surface area contributed by atoms with Crippen LogP contribution in [0.5, 0.6) is 0 Å². The Morgan fingerprint density at radius 2 is 2.00 bits per heavy atom. The maximum Gasteiger partial charge on any atom is 0.279 e. The molecule has 1 saturated carbocycles. The van der Waals surface area contributed by atoms with Crippen LogP contribution in [0.1, 0.15) is 26.7 Å². The molecule has 0 spiro atoms. The van der Waals surface area contributed by atoms with Crippen molar-refractivity contribution in [1.82, 2.24) is 9.03 Å². The van der Waals surface area contributed by atoms with Crippen molar-refractivity contribution in [3.8, 4) is 0 Å². The third-order valence-electron chi connectivity index (χ3n) is 2.75. The maximum absolute atomic E-state index is 11.6. The number of aliphatic hydroxyl groups is 1. The third-order valence-corrected chi connectivity index (χ3v) is 4.46. The maximum atomic E-state index is 11.6. The van der Waals surface area contributed by atoms with Crippen molar-refractivity contribution in [2.75, 3.05) is 13.6 Å². The van der Waals surface area contributed by atoms with Crippen molar-refractivity contribution in [3.63, 3.8) is 0 Å². The van der Waals surface area contributed by atoms with E-state index in [4.69, 9.17) is 0 Å². The van der Waals surface area contributed by atoms with Gasteiger partial charge in [0.25, 0.3) is 10.2 Å². The Morgan fingerprint density at radius 1 is 1.47 bits per heavy atom. The first-order valence-corrected chi connectivity index (χ1v) is 6.69. The minimum atomic E-state index is -3.44. The van der Waals surface area contributed by atoms with Gasteiger partial charge in [-0.05, 0) is 32.6 Å². The summed E-state index contributed by atoms with van der Waals surface area (Å²) in [5.41, 5.74) is 0. The molecule has 15 heavy (non-hydrogen) atoms. The predicted molar refractivity (Wildman–Crippen MR) is 58.6 cm³/mol. The summed E-state index contributed by atoms with van der Waals surface area (Å²) in [7, 11) is -1.91. The molecule has 0 aliphatic heterocycles. The van der Waals surface area contributed by atoms with Gasteiger partial charge in [0, 0.05) is 19.6 Å². The van der Waals surface area contributed by atoms with Gasteiger partial charge in [-0.3, -0.25) is 0 Å². The number of hydrogen-bond donors (Lipinski definition) is 2. The average molecular weight is 236 g/mol. The molecule has 0 saturated heterocycles. The van der Waals surface area contributed by atoms with Crippen LogP contribution in [0.2, 0.25) is 0 Å². The Hall–Kier alpha value is -0.170. The summed E-state index contributed by atoms with van der Waals surface area (Å²) in [6, 6.07) is -0.0828. The van der Waals surface area contributed by atoms with Crippen LogP contribution in [-0.2, 0) is 10.2 Å². The molecular formula is C9H20N2O3S. The molecule has 1 aliphatic carbocycles. The van der Waals surface area contributed by atoms with E-state index in [1.54, 1.807) is 13.8 Å². The first kappa shape index (κ1) is 12.9. The van der Waals surface area contributed by atoms with Gasteiger partial charge in [0.1, 0.15) is 0 Å². The van der Waals surface area contributed by atoms with Crippen molar-refractivity contribution in [2.24, 2.45) is 5.92 Å². The van der Waals surface area contributed by atoms with Crippen LogP contribution in [0.15, 0.2) is 0 Å². The zero-order valence-electron chi connectivity index (χ0n) is 9.47. The van der Waals surface area contributed by atoms with Crippen LogP contribution >= 0.6 is 0 Å². The van der Waals surface area contributed by atoms with Crippen molar-refractivity contribution < 1.29 is 13.5 Å². The molecule has 2 N–H and O–H groups in total. The van der Waals surface area contributed by atoms with E-state index in [1.165, 1.54) is 11.4 Å². The van der Waals surface area contributed by atoms with Gasteiger partial charge < -0.3 is 5.11 Å². The smallest absolute Gasteiger partial charge is 0.279 e. The molecule has 0 bridgehead atoms. The molecule has 6 heteroatoms. The van der Waals surface area contributed by atoms with Gasteiger partial charge in [0.05, 0.1) is 6.10 Å². The molecule has 0 aromatic heterocycles. The van der Waals surface area contributed by atoms with E-state index < -0.39 is 16.3 Å². The fraction of sp³-hybridized carbons (Fsp3) is 1.00. The average Bonchev–Trinajstić information content (AvgIpc) is 2.96. The lowest BCUT2D eigenvalue weighted by Gasteiger charge is -2.22. The molecule has 0 aromatic rings. The molecule has 0 aromatic carbocycles. The van der Waals surface area contributed by atoms with Gasteiger partial charge in [-0.15, -0.1) is 0 Å². The Bertz CT molecular complexity index is 298. The van der Waals surface area contributed by atoms with Gasteiger partial charge >= 0.3 is 0 Å². The SMILES string of the molecule is CC(C)N(C)S(=O)(=O)NCC(O)C1CC1. The minimum absolute atomic E-state index is 0.0828. The molecule has 1 aliphatic rings. The van der Waals surface area contributed by atoms with Gasteiger partial charge in [-0.2, -0.15) is 17.4 Å². The highest BCUT2D eigenvalue weighted by Gasteiger charge is 2.31. The third kappa shape index (κ3) is 3.71. The summed E-state index contributed by atoms with van der Waals surface area (Å²) in [5.74, 6) is 0.289. The molecule has 1 fully saturated rings. The molecule has 1 atom stereocenters. The molecule has 0 amide bonds. The van der Waals surface area contributed by atoms with E-state index >= 15 is 0 Å². The zero-order chi connectivity index (χ0) is 11.6. The second kappa shape index (κ2) is 4.78. The lowest BCUT2D eigenvalue weighted by atomic mass is 10.2. The standard InChI is InChI=1S/C9H20N2O3S/c1-7(2)11(3)15(13,14)10-6-9(12)8-4-5-8/h7-10,12H,4-6H2,1-3H3. The number of aliphatic hydroxyl groups excluding tert-OH is 1. The predicted octanol–water partition coefficient (Wildman–Crippen LogP) is -0.0681. The van der Waals surface area contributed by atoms with Crippen LogP contribution in [-0.4, -0.2) is 43.6 Å². The molecular weight excluding hydrogens is 216 g/mol. The first-order chi connectivity index (χ1) is 6.84. The van der Waals surface area contributed by atoms with E-state index in [0.717, 1.165) is 12.8 Å². The van der Waals surface area contributed by atoms with Crippen molar-refractivity contribution in [3.05, 3.63) is 0 Å². The van der Waals surface area contributed by atoms with Crippen LogP contribution in [0.4, 0.5) is 0 Å². The van der Waals surface area contributed by atoms with E-state index in [1.807, 2.05) is 0 Å². The lowest BCUT2D eigenvalue weighted by molar-refractivity contribution is 0.154. The monoisotopic (exact) mass is 236 g/mol. The number of nitrogens with zero attached hydrogens (tertiary/aromatic N) is 1. The summed E-state index contributed by atoms with van der Waals surface area (Å²) in [6.07, 6.45) is 1.46. The molecule has 0 radical (unpaired) electrons. The van der Waals surface area contributed by atoms with Gasteiger partial charge in [0.15, 0.2) is 0 Å². The quantitative estimate of drug-likeness (QED) is 0.678. The highest BCUT2D eigenvalue weighted by molar-refractivity contribution is 7.87. The van der Waals surface area contributed by atoms with Crippen LogP contribution < -0.4 is 4.72 Å². The molecule has 90 valence electrons. The van der Waals surface area contributed by atoms with Crippen LogP contribution in [0.3, 0.4) is 0 Å².